The van der Waals surface area contributed by atoms with E-state index < -0.39 is 0 Å². The lowest BCUT2D eigenvalue weighted by molar-refractivity contribution is 0.187. The van der Waals surface area contributed by atoms with Crippen molar-refractivity contribution >= 4 is 5.82 Å². The zero-order chi connectivity index (χ0) is 14.1. The van der Waals surface area contributed by atoms with Crippen molar-refractivity contribution in [3.8, 4) is 0 Å². The molecule has 0 radical (unpaired) electrons. The number of anilines is 1. The molecule has 21 heavy (non-hydrogen) atoms. The summed E-state index contributed by atoms with van der Waals surface area (Å²) in [7, 11) is 0. The molecule has 0 amide bonds. The van der Waals surface area contributed by atoms with E-state index >= 15 is 0 Å². The molecule has 114 valence electrons. The number of hydrogen-bond acceptors (Lipinski definition) is 5. The quantitative estimate of drug-likeness (QED) is 0.885. The number of nitrogens with one attached hydrogen (secondary N) is 1. The van der Waals surface area contributed by atoms with Crippen LogP contribution in [0.2, 0.25) is 0 Å². The van der Waals surface area contributed by atoms with Crippen molar-refractivity contribution < 1.29 is 0 Å². The van der Waals surface area contributed by atoms with Crippen molar-refractivity contribution in [1.29, 1.82) is 0 Å². The first kappa shape index (κ1) is 13.5. The van der Waals surface area contributed by atoms with Crippen molar-refractivity contribution in [1.82, 2.24) is 20.2 Å². The van der Waals surface area contributed by atoms with Crippen LogP contribution in [-0.4, -0.2) is 53.6 Å². The lowest BCUT2D eigenvalue weighted by Crippen LogP contribution is -2.50. The summed E-state index contributed by atoms with van der Waals surface area (Å²) in [6, 6.07) is 0.855. The molecule has 1 aliphatic carbocycles. The number of nitrogens with zero attached hydrogens (tertiary/aromatic N) is 4. The largest absolute Gasteiger partial charge is 0.354 e. The van der Waals surface area contributed by atoms with Crippen LogP contribution in [0.25, 0.3) is 0 Å². The van der Waals surface area contributed by atoms with Gasteiger partial charge in [-0.1, -0.05) is 12.8 Å². The van der Waals surface area contributed by atoms with E-state index in [2.05, 4.69) is 25.1 Å². The zero-order valence-corrected chi connectivity index (χ0v) is 12.7. The standard InChI is InChI=1S/C16H25N5/c1-2-4-13(3-1)20-7-9-21(10-8-20)16-14-11-17-6-5-15(14)18-12-19-16/h12-13,17H,1-11H2. The Morgan fingerprint density at radius 3 is 2.67 bits per heavy atom. The molecule has 1 saturated heterocycles. The fraction of sp³-hybridized carbons (Fsp3) is 0.750. The van der Waals surface area contributed by atoms with Gasteiger partial charge in [0.15, 0.2) is 0 Å². The highest BCUT2D eigenvalue weighted by Crippen LogP contribution is 2.27. The molecule has 2 aliphatic heterocycles. The Morgan fingerprint density at radius 1 is 1.05 bits per heavy atom. The molecule has 0 atom stereocenters. The average molecular weight is 287 g/mol. The van der Waals surface area contributed by atoms with E-state index in [1.54, 1.807) is 6.33 Å². The van der Waals surface area contributed by atoms with Crippen molar-refractivity contribution in [2.24, 2.45) is 0 Å². The molecule has 1 aromatic rings. The summed E-state index contributed by atoms with van der Waals surface area (Å²) in [6.45, 7) is 6.57. The molecule has 1 N–H and O–H groups in total. The molecule has 4 rings (SSSR count). The summed E-state index contributed by atoms with van der Waals surface area (Å²) < 4.78 is 0. The van der Waals surface area contributed by atoms with Gasteiger partial charge in [0.2, 0.25) is 0 Å². The minimum atomic E-state index is 0.855. The van der Waals surface area contributed by atoms with Gasteiger partial charge in [0, 0.05) is 57.3 Å². The number of hydrogen-bond donors (Lipinski definition) is 1. The van der Waals surface area contributed by atoms with Gasteiger partial charge in [-0.3, -0.25) is 4.90 Å². The Labute approximate surface area is 126 Å². The minimum absolute atomic E-state index is 0.855. The molecule has 5 nitrogen and oxygen atoms in total. The first-order valence-corrected chi connectivity index (χ1v) is 8.44. The van der Waals surface area contributed by atoms with E-state index in [0.717, 1.165) is 38.6 Å². The van der Waals surface area contributed by atoms with E-state index in [9.17, 15) is 0 Å². The maximum absolute atomic E-state index is 4.59. The Morgan fingerprint density at radius 2 is 1.86 bits per heavy atom. The van der Waals surface area contributed by atoms with E-state index in [0.29, 0.717) is 0 Å². The predicted octanol–water partition coefficient (Wildman–Crippen LogP) is 1.19. The fourth-order valence-corrected chi connectivity index (χ4v) is 4.10. The molecule has 3 aliphatic rings. The SMILES string of the molecule is c1nc2c(c(N3CCN(C4CCCC4)CC3)n1)CNCC2. The highest BCUT2D eigenvalue weighted by molar-refractivity contribution is 5.49. The fourth-order valence-electron chi connectivity index (χ4n) is 4.10. The first-order valence-electron chi connectivity index (χ1n) is 8.44. The number of piperazine rings is 1. The van der Waals surface area contributed by atoms with Crippen molar-refractivity contribution in [2.45, 2.75) is 44.7 Å². The Kier molecular flexibility index (Phi) is 3.78. The van der Waals surface area contributed by atoms with E-state index in [-0.39, 0.29) is 0 Å². The van der Waals surface area contributed by atoms with Gasteiger partial charge in [-0.2, -0.15) is 0 Å². The van der Waals surface area contributed by atoms with Gasteiger partial charge in [0.1, 0.15) is 12.1 Å². The van der Waals surface area contributed by atoms with Gasteiger partial charge < -0.3 is 10.2 Å². The van der Waals surface area contributed by atoms with Crippen LogP contribution in [0, 0.1) is 0 Å². The van der Waals surface area contributed by atoms with Crippen molar-refractivity contribution in [2.75, 3.05) is 37.6 Å². The van der Waals surface area contributed by atoms with Crippen LogP contribution in [-0.2, 0) is 13.0 Å². The van der Waals surface area contributed by atoms with Crippen LogP contribution >= 0.6 is 0 Å². The number of rotatable bonds is 2. The Hall–Kier alpha value is -1.20. The highest BCUT2D eigenvalue weighted by Gasteiger charge is 2.28. The molecule has 0 bridgehead atoms. The molecular formula is C16H25N5. The average Bonchev–Trinajstić information content (AvgIpc) is 3.09. The number of aromatic nitrogens is 2. The second kappa shape index (κ2) is 5.89. The van der Waals surface area contributed by atoms with Crippen molar-refractivity contribution in [3.05, 3.63) is 17.6 Å². The third-order valence-electron chi connectivity index (χ3n) is 5.31. The van der Waals surface area contributed by atoms with Gasteiger partial charge in [0.25, 0.3) is 0 Å². The maximum Gasteiger partial charge on any atom is 0.136 e. The Balaban J connectivity index is 1.46. The van der Waals surface area contributed by atoms with E-state index in [4.69, 9.17) is 0 Å². The maximum atomic E-state index is 4.59. The molecule has 2 fully saturated rings. The third-order valence-corrected chi connectivity index (χ3v) is 5.31. The van der Waals surface area contributed by atoms with Crippen LogP contribution in [0.15, 0.2) is 6.33 Å². The third kappa shape index (κ3) is 2.64. The second-order valence-electron chi connectivity index (χ2n) is 6.51. The first-order chi connectivity index (χ1) is 10.4. The lowest BCUT2D eigenvalue weighted by atomic mass is 10.1. The summed E-state index contributed by atoms with van der Waals surface area (Å²) in [5, 5.41) is 3.46. The molecule has 0 unspecified atom stereocenters. The molecule has 3 heterocycles. The van der Waals surface area contributed by atoms with Crippen LogP contribution in [0.3, 0.4) is 0 Å². The van der Waals surface area contributed by atoms with E-state index in [1.165, 1.54) is 55.8 Å². The smallest absolute Gasteiger partial charge is 0.136 e. The van der Waals surface area contributed by atoms with Gasteiger partial charge >= 0.3 is 0 Å². The topological polar surface area (TPSA) is 44.3 Å². The molecular weight excluding hydrogens is 262 g/mol. The van der Waals surface area contributed by atoms with Crippen LogP contribution in [0.1, 0.15) is 36.9 Å². The summed E-state index contributed by atoms with van der Waals surface area (Å²) in [4.78, 5) is 14.2. The monoisotopic (exact) mass is 287 g/mol. The number of fused-ring (bicyclic) bond motifs is 1. The summed E-state index contributed by atoms with van der Waals surface area (Å²) >= 11 is 0. The molecule has 0 aromatic carbocycles. The molecule has 1 aromatic heterocycles. The summed E-state index contributed by atoms with van der Waals surface area (Å²) in [5.74, 6) is 1.18. The highest BCUT2D eigenvalue weighted by atomic mass is 15.3. The predicted molar refractivity (Wildman–Crippen MR) is 83.5 cm³/mol. The Bertz CT molecular complexity index is 489. The second-order valence-corrected chi connectivity index (χ2v) is 6.51. The van der Waals surface area contributed by atoms with Crippen LogP contribution < -0.4 is 10.2 Å². The molecule has 0 spiro atoms. The van der Waals surface area contributed by atoms with Gasteiger partial charge in [-0.15, -0.1) is 0 Å². The zero-order valence-electron chi connectivity index (χ0n) is 12.7. The summed E-state index contributed by atoms with van der Waals surface area (Å²) in [6.07, 6.45) is 8.46. The summed E-state index contributed by atoms with van der Waals surface area (Å²) in [5.41, 5.74) is 2.58. The van der Waals surface area contributed by atoms with Crippen LogP contribution in [0.4, 0.5) is 5.82 Å². The van der Waals surface area contributed by atoms with Crippen LogP contribution in [0.5, 0.6) is 0 Å². The normalized spacial score (nSPS) is 24.3. The van der Waals surface area contributed by atoms with Gasteiger partial charge in [-0.05, 0) is 12.8 Å². The van der Waals surface area contributed by atoms with Gasteiger partial charge in [0.05, 0.1) is 5.69 Å². The minimum Gasteiger partial charge on any atom is -0.354 e. The van der Waals surface area contributed by atoms with Crippen molar-refractivity contribution in [3.63, 3.8) is 0 Å². The van der Waals surface area contributed by atoms with Gasteiger partial charge in [-0.25, -0.2) is 9.97 Å². The lowest BCUT2D eigenvalue weighted by Gasteiger charge is -2.39. The van der Waals surface area contributed by atoms with E-state index in [1.807, 2.05) is 0 Å². The molecule has 1 saturated carbocycles. The molecule has 5 heteroatoms.